The molecule has 3 aromatic rings. The van der Waals surface area contributed by atoms with Gasteiger partial charge in [-0.3, -0.25) is 4.79 Å². The predicted octanol–water partition coefficient (Wildman–Crippen LogP) is 3.95. The summed E-state index contributed by atoms with van der Waals surface area (Å²) in [5.41, 5.74) is 1.51. The summed E-state index contributed by atoms with van der Waals surface area (Å²) in [4.78, 5) is 19.5. The number of fused-ring (bicyclic) bond motifs is 1. The van der Waals surface area contributed by atoms with Crippen molar-refractivity contribution in [3.8, 4) is 0 Å². The zero-order valence-corrected chi connectivity index (χ0v) is 13.0. The molecule has 0 aliphatic heterocycles. The van der Waals surface area contributed by atoms with Crippen molar-refractivity contribution in [2.45, 2.75) is 13.5 Å². The van der Waals surface area contributed by atoms with Crippen molar-refractivity contribution >= 4 is 34.4 Å². The molecule has 0 fully saturated rings. The summed E-state index contributed by atoms with van der Waals surface area (Å²) in [5.74, 6) is 0.403. The van der Waals surface area contributed by atoms with E-state index in [2.05, 4.69) is 4.98 Å². The lowest BCUT2D eigenvalue weighted by molar-refractivity contribution is -0.126. The molecule has 2 heterocycles. The number of rotatable bonds is 5. The number of likely N-dealkylation sites (N-methyl/N-ethyl adjacent to an activating group) is 1. The number of carbonyl (C=O) groups excluding carboxylic acids is 1. The maximum atomic E-state index is 12.3. The first kappa shape index (κ1) is 14.5. The van der Waals surface area contributed by atoms with Crippen LogP contribution in [0.2, 0.25) is 0 Å². The van der Waals surface area contributed by atoms with Crippen LogP contribution in [0.3, 0.4) is 0 Å². The molecule has 112 valence electrons. The van der Waals surface area contributed by atoms with Crippen molar-refractivity contribution in [2.75, 3.05) is 6.54 Å². The van der Waals surface area contributed by atoms with Gasteiger partial charge in [-0.05, 0) is 30.5 Å². The van der Waals surface area contributed by atoms with Crippen molar-refractivity contribution in [3.63, 3.8) is 0 Å². The third-order valence-electron chi connectivity index (χ3n) is 3.30. The molecule has 5 heteroatoms. The molecular weight excluding hydrogens is 296 g/mol. The molecule has 0 saturated heterocycles. The SMILES string of the molecule is CCN(Cc1cccs1)C(=O)C=Cc1nc2ccccc2o1. The van der Waals surface area contributed by atoms with E-state index < -0.39 is 0 Å². The van der Waals surface area contributed by atoms with Crippen LogP contribution in [0.4, 0.5) is 0 Å². The number of aromatic nitrogens is 1. The Morgan fingerprint density at radius 3 is 2.91 bits per heavy atom. The molecule has 0 unspecified atom stereocenters. The van der Waals surface area contributed by atoms with Gasteiger partial charge in [-0.1, -0.05) is 18.2 Å². The maximum Gasteiger partial charge on any atom is 0.247 e. The van der Waals surface area contributed by atoms with Crippen LogP contribution in [-0.2, 0) is 11.3 Å². The second kappa shape index (κ2) is 6.58. The highest BCUT2D eigenvalue weighted by Crippen LogP contribution is 2.16. The van der Waals surface area contributed by atoms with Gasteiger partial charge in [-0.2, -0.15) is 0 Å². The van der Waals surface area contributed by atoms with E-state index in [1.165, 1.54) is 11.0 Å². The van der Waals surface area contributed by atoms with Crippen LogP contribution in [0.15, 0.2) is 52.3 Å². The highest BCUT2D eigenvalue weighted by atomic mass is 32.1. The predicted molar refractivity (Wildman–Crippen MR) is 88.5 cm³/mol. The molecule has 0 bridgehead atoms. The van der Waals surface area contributed by atoms with Gasteiger partial charge in [0.25, 0.3) is 0 Å². The van der Waals surface area contributed by atoms with Crippen molar-refractivity contribution < 1.29 is 9.21 Å². The fourth-order valence-corrected chi connectivity index (χ4v) is 2.86. The molecule has 4 nitrogen and oxygen atoms in total. The van der Waals surface area contributed by atoms with Crippen LogP contribution in [0, 0.1) is 0 Å². The van der Waals surface area contributed by atoms with Gasteiger partial charge in [0.2, 0.25) is 11.8 Å². The number of hydrogen-bond acceptors (Lipinski definition) is 4. The first-order chi connectivity index (χ1) is 10.8. The Labute approximate surface area is 132 Å². The molecule has 22 heavy (non-hydrogen) atoms. The van der Waals surface area contributed by atoms with Crippen molar-refractivity contribution in [3.05, 3.63) is 58.6 Å². The van der Waals surface area contributed by atoms with Gasteiger partial charge in [0.1, 0.15) is 5.52 Å². The molecule has 1 aromatic carbocycles. The summed E-state index contributed by atoms with van der Waals surface area (Å²) in [6.07, 6.45) is 3.14. The summed E-state index contributed by atoms with van der Waals surface area (Å²) in [5, 5.41) is 2.02. The second-order valence-corrected chi connectivity index (χ2v) is 5.82. The topological polar surface area (TPSA) is 46.3 Å². The van der Waals surface area contributed by atoms with Crippen molar-refractivity contribution in [2.24, 2.45) is 0 Å². The number of benzene rings is 1. The fourth-order valence-electron chi connectivity index (χ4n) is 2.15. The van der Waals surface area contributed by atoms with Crippen LogP contribution < -0.4 is 0 Å². The highest BCUT2D eigenvalue weighted by Gasteiger charge is 2.10. The van der Waals surface area contributed by atoms with Crippen LogP contribution in [0.25, 0.3) is 17.2 Å². The number of oxazole rings is 1. The average molecular weight is 312 g/mol. The van der Waals surface area contributed by atoms with Crippen molar-refractivity contribution in [1.82, 2.24) is 9.88 Å². The second-order valence-electron chi connectivity index (χ2n) is 4.78. The summed E-state index contributed by atoms with van der Waals surface area (Å²) < 4.78 is 5.57. The van der Waals surface area contributed by atoms with Crippen LogP contribution >= 0.6 is 11.3 Å². The zero-order chi connectivity index (χ0) is 15.4. The lowest BCUT2D eigenvalue weighted by Crippen LogP contribution is -2.28. The Balaban J connectivity index is 1.71. The number of hydrogen-bond donors (Lipinski definition) is 0. The lowest BCUT2D eigenvalue weighted by Gasteiger charge is -2.17. The Hall–Kier alpha value is -2.40. The quantitative estimate of drug-likeness (QED) is 0.670. The van der Waals surface area contributed by atoms with Gasteiger partial charge >= 0.3 is 0 Å². The van der Waals surface area contributed by atoms with E-state index in [0.717, 1.165) is 11.1 Å². The van der Waals surface area contributed by atoms with Gasteiger partial charge in [-0.15, -0.1) is 11.3 Å². The molecule has 0 aliphatic rings. The van der Waals surface area contributed by atoms with E-state index in [1.807, 2.05) is 48.7 Å². The van der Waals surface area contributed by atoms with E-state index >= 15 is 0 Å². The Bertz CT molecular complexity index is 757. The van der Waals surface area contributed by atoms with E-state index in [9.17, 15) is 4.79 Å². The van der Waals surface area contributed by atoms with Gasteiger partial charge in [-0.25, -0.2) is 4.98 Å². The van der Waals surface area contributed by atoms with Gasteiger partial charge in [0, 0.05) is 23.6 Å². The molecule has 0 N–H and O–H groups in total. The third kappa shape index (κ3) is 3.26. The summed E-state index contributed by atoms with van der Waals surface area (Å²) >= 11 is 1.65. The minimum Gasteiger partial charge on any atom is -0.437 e. The summed E-state index contributed by atoms with van der Waals surface area (Å²) in [6, 6.07) is 11.6. The van der Waals surface area contributed by atoms with E-state index in [-0.39, 0.29) is 5.91 Å². The monoisotopic (exact) mass is 312 g/mol. The van der Waals surface area contributed by atoms with Crippen LogP contribution in [-0.4, -0.2) is 22.3 Å². The van der Waals surface area contributed by atoms with Gasteiger partial charge < -0.3 is 9.32 Å². The number of carbonyl (C=O) groups is 1. The molecule has 0 saturated carbocycles. The zero-order valence-electron chi connectivity index (χ0n) is 12.2. The fraction of sp³-hybridized carbons (Fsp3) is 0.176. The molecule has 3 rings (SSSR count). The minimum atomic E-state index is -0.0434. The minimum absolute atomic E-state index is 0.0434. The molecule has 0 atom stereocenters. The largest absolute Gasteiger partial charge is 0.437 e. The Kier molecular flexibility index (Phi) is 4.34. The molecular formula is C17H16N2O2S. The molecule has 1 amide bonds. The summed E-state index contributed by atoms with van der Waals surface area (Å²) in [6.45, 7) is 3.26. The van der Waals surface area contributed by atoms with E-state index in [4.69, 9.17) is 4.42 Å². The van der Waals surface area contributed by atoms with Gasteiger partial charge in [0.05, 0.1) is 6.54 Å². The molecule has 0 spiro atoms. The standard InChI is InChI=1S/C17H16N2O2S/c1-2-19(12-13-6-5-11-22-13)17(20)10-9-16-18-14-7-3-4-8-15(14)21-16/h3-11H,2,12H2,1H3. The number of para-hydroxylation sites is 2. The average Bonchev–Trinajstić information content (AvgIpc) is 3.18. The molecule has 0 aliphatic carbocycles. The number of thiophene rings is 1. The number of amides is 1. The normalized spacial score (nSPS) is 11.3. The smallest absolute Gasteiger partial charge is 0.247 e. The maximum absolute atomic E-state index is 12.3. The van der Waals surface area contributed by atoms with Crippen molar-refractivity contribution in [1.29, 1.82) is 0 Å². The lowest BCUT2D eigenvalue weighted by atomic mass is 10.3. The van der Waals surface area contributed by atoms with E-state index in [1.54, 1.807) is 22.3 Å². The third-order valence-corrected chi connectivity index (χ3v) is 4.16. The Morgan fingerprint density at radius 2 is 2.18 bits per heavy atom. The van der Waals surface area contributed by atoms with Gasteiger partial charge in [0.15, 0.2) is 5.58 Å². The Morgan fingerprint density at radius 1 is 1.32 bits per heavy atom. The highest BCUT2D eigenvalue weighted by molar-refractivity contribution is 7.09. The van der Waals surface area contributed by atoms with Crippen LogP contribution in [0.5, 0.6) is 0 Å². The summed E-state index contributed by atoms with van der Waals surface area (Å²) in [7, 11) is 0. The number of nitrogens with zero attached hydrogens (tertiary/aromatic N) is 2. The molecule has 0 radical (unpaired) electrons. The first-order valence-electron chi connectivity index (χ1n) is 7.11. The molecule has 2 aromatic heterocycles. The first-order valence-corrected chi connectivity index (χ1v) is 7.99. The van der Waals surface area contributed by atoms with E-state index in [0.29, 0.717) is 19.0 Å². The van der Waals surface area contributed by atoms with Crippen LogP contribution in [0.1, 0.15) is 17.7 Å².